The third kappa shape index (κ3) is 4.31. The van der Waals surface area contributed by atoms with Crippen LogP contribution >= 0.6 is 23.4 Å². The van der Waals surface area contributed by atoms with Crippen molar-refractivity contribution in [3.8, 4) is 5.69 Å². The molecule has 0 aliphatic heterocycles. The maximum atomic E-state index is 6.15. The van der Waals surface area contributed by atoms with E-state index in [0.29, 0.717) is 0 Å². The molecule has 118 valence electrons. The van der Waals surface area contributed by atoms with Crippen molar-refractivity contribution in [3.63, 3.8) is 0 Å². The molecule has 0 aliphatic carbocycles. The van der Waals surface area contributed by atoms with E-state index in [9.17, 15) is 0 Å². The van der Waals surface area contributed by atoms with E-state index in [1.54, 1.807) is 16.4 Å². The van der Waals surface area contributed by atoms with Crippen molar-refractivity contribution in [2.75, 3.05) is 12.3 Å². The molecule has 3 aromatic rings. The number of thioether (sulfide) groups is 1. The van der Waals surface area contributed by atoms with Crippen LogP contribution in [0, 0.1) is 0 Å². The summed E-state index contributed by atoms with van der Waals surface area (Å²) in [6.45, 7) is 1.85. The van der Waals surface area contributed by atoms with E-state index in [-0.39, 0.29) is 0 Å². The molecule has 0 saturated carbocycles. The molecule has 1 heterocycles. The molecule has 0 spiro atoms. The highest BCUT2D eigenvalue weighted by Crippen LogP contribution is 2.17. The second-order valence-corrected chi connectivity index (χ2v) is 6.40. The first kappa shape index (κ1) is 16.0. The minimum Gasteiger partial charge on any atom is -0.342 e. The van der Waals surface area contributed by atoms with E-state index in [2.05, 4.69) is 26.9 Å². The van der Waals surface area contributed by atoms with Gasteiger partial charge in [-0.05, 0) is 28.6 Å². The van der Waals surface area contributed by atoms with Gasteiger partial charge in [0, 0.05) is 10.6 Å². The van der Waals surface area contributed by atoms with Crippen molar-refractivity contribution < 1.29 is 5.32 Å². The number of hydrogen-bond acceptors (Lipinski definition) is 4. The van der Waals surface area contributed by atoms with Crippen LogP contribution in [-0.2, 0) is 6.54 Å². The summed E-state index contributed by atoms with van der Waals surface area (Å²) < 4.78 is 1.76. The van der Waals surface area contributed by atoms with Crippen LogP contribution in [0.25, 0.3) is 5.69 Å². The summed E-state index contributed by atoms with van der Waals surface area (Å²) in [5.41, 5.74) is 2.13. The second-order valence-electron chi connectivity index (χ2n) is 4.93. The largest absolute Gasteiger partial charge is 0.342 e. The molecule has 0 fully saturated rings. The molecule has 23 heavy (non-hydrogen) atoms. The Morgan fingerprint density at radius 3 is 2.65 bits per heavy atom. The molecule has 5 nitrogen and oxygen atoms in total. The van der Waals surface area contributed by atoms with E-state index in [4.69, 9.17) is 11.6 Å². The summed E-state index contributed by atoms with van der Waals surface area (Å²) in [7, 11) is 0. The van der Waals surface area contributed by atoms with Crippen LogP contribution in [0.1, 0.15) is 5.56 Å². The molecule has 7 heteroatoms. The first-order valence-electron chi connectivity index (χ1n) is 7.36. The Morgan fingerprint density at radius 2 is 1.83 bits per heavy atom. The van der Waals surface area contributed by atoms with E-state index in [1.807, 2.05) is 48.5 Å². The van der Waals surface area contributed by atoms with Gasteiger partial charge in [-0.15, -0.1) is 5.10 Å². The molecule has 0 saturated heterocycles. The Morgan fingerprint density at radius 1 is 1.04 bits per heavy atom. The van der Waals surface area contributed by atoms with Gasteiger partial charge in [-0.3, -0.25) is 0 Å². The fraction of sp³-hybridized carbons (Fsp3) is 0.188. The molecule has 0 unspecified atom stereocenters. The Bertz CT molecular complexity index is 747. The van der Waals surface area contributed by atoms with Crippen LogP contribution in [0.15, 0.2) is 59.8 Å². The van der Waals surface area contributed by atoms with Crippen LogP contribution in [0.3, 0.4) is 0 Å². The third-order valence-electron chi connectivity index (χ3n) is 3.32. The zero-order valence-corrected chi connectivity index (χ0v) is 14.0. The Hall–Kier alpha value is -1.89. The summed E-state index contributed by atoms with van der Waals surface area (Å²) in [5.74, 6) is 0.928. The molecule has 2 aromatic carbocycles. The van der Waals surface area contributed by atoms with Gasteiger partial charge >= 0.3 is 0 Å². The molecule has 0 amide bonds. The summed E-state index contributed by atoms with van der Waals surface area (Å²) >= 11 is 7.80. The standard InChI is InChI=1S/C16H16ClN5S/c17-15-9-5-4-6-13(15)12-18-10-11-23-16-19-20-21-22(16)14-7-2-1-3-8-14/h1-9,18H,10-12H2/p+1. The molecule has 0 radical (unpaired) electrons. The lowest BCUT2D eigenvalue weighted by Crippen LogP contribution is -2.83. The van der Waals surface area contributed by atoms with Gasteiger partial charge in [-0.2, -0.15) is 4.68 Å². The van der Waals surface area contributed by atoms with Crippen LogP contribution in [0.4, 0.5) is 0 Å². The number of quaternary nitrogens is 1. The van der Waals surface area contributed by atoms with E-state index in [1.165, 1.54) is 0 Å². The van der Waals surface area contributed by atoms with Gasteiger partial charge in [0.05, 0.1) is 18.0 Å². The topological polar surface area (TPSA) is 60.2 Å². The van der Waals surface area contributed by atoms with Crippen LogP contribution < -0.4 is 5.32 Å². The quantitative estimate of drug-likeness (QED) is 0.526. The van der Waals surface area contributed by atoms with Crippen LogP contribution in [0.5, 0.6) is 0 Å². The van der Waals surface area contributed by atoms with E-state index in [0.717, 1.165) is 40.3 Å². The SMILES string of the molecule is Clc1ccccc1C[NH2+]CCSc1nnnn1-c1ccccc1. The first-order chi connectivity index (χ1) is 11.3. The molecule has 3 rings (SSSR count). The van der Waals surface area contributed by atoms with Gasteiger partial charge < -0.3 is 5.32 Å². The summed E-state index contributed by atoms with van der Waals surface area (Å²) in [4.78, 5) is 0. The van der Waals surface area contributed by atoms with Gasteiger partial charge in [-0.1, -0.05) is 59.8 Å². The summed E-state index contributed by atoms with van der Waals surface area (Å²) in [6.07, 6.45) is 0. The monoisotopic (exact) mass is 346 g/mol. The first-order valence-corrected chi connectivity index (χ1v) is 8.72. The fourth-order valence-corrected chi connectivity index (χ4v) is 3.19. The number of nitrogens with two attached hydrogens (primary N) is 1. The predicted octanol–water partition coefficient (Wildman–Crippen LogP) is 2.17. The average molecular weight is 347 g/mol. The highest BCUT2D eigenvalue weighted by atomic mass is 35.5. The second kappa shape index (κ2) is 8.10. The minimum absolute atomic E-state index is 0.808. The summed E-state index contributed by atoms with van der Waals surface area (Å²) in [6, 6.07) is 17.8. The number of nitrogens with zero attached hydrogens (tertiary/aromatic N) is 4. The Labute approximate surface area is 144 Å². The zero-order valence-electron chi connectivity index (χ0n) is 12.5. The number of benzene rings is 2. The van der Waals surface area contributed by atoms with Crippen molar-refractivity contribution in [2.45, 2.75) is 11.7 Å². The third-order valence-corrected chi connectivity index (χ3v) is 4.64. The molecule has 1 aromatic heterocycles. The van der Waals surface area contributed by atoms with Crippen molar-refractivity contribution >= 4 is 23.4 Å². The van der Waals surface area contributed by atoms with Gasteiger partial charge in [-0.25, -0.2) is 0 Å². The summed E-state index contributed by atoms with van der Waals surface area (Å²) in [5, 5.41) is 15.8. The highest BCUT2D eigenvalue weighted by Gasteiger charge is 2.08. The number of rotatable bonds is 7. The molecule has 0 bridgehead atoms. The van der Waals surface area contributed by atoms with Gasteiger partial charge in [0.25, 0.3) is 0 Å². The van der Waals surface area contributed by atoms with Gasteiger partial charge in [0.2, 0.25) is 5.16 Å². The minimum atomic E-state index is 0.808. The van der Waals surface area contributed by atoms with Crippen LogP contribution in [-0.4, -0.2) is 32.5 Å². The van der Waals surface area contributed by atoms with E-state index >= 15 is 0 Å². The lowest BCUT2D eigenvalue weighted by atomic mass is 10.2. The van der Waals surface area contributed by atoms with Crippen molar-refractivity contribution in [1.29, 1.82) is 0 Å². The van der Waals surface area contributed by atoms with Crippen molar-refractivity contribution in [3.05, 3.63) is 65.2 Å². The zero-order chi connectivity index (χ0) is 15.9. The fourth-order valence-electron chi connectivity index (χ4n) is 2.16. The number of aromatic nitrogens is 4. The molecule has 2 N–H and O–H groups in total. The van der Waals surface area contributed by atoms with Crippen molar-refractivity contribution in [2.24, 2.45) is 0 Å². The highest BCUT2D eigenvalue weighted by molar-refractivity contribution is 7.99. The predicted molar refractivity (Wildman–Crippen MR) is 91.8 cm³/mol. The molecular formula is C16H17ClN5S+. The maximum Gasteiger partial charge on any atom is 0.214 e. The molecular weight excluding hydrogens is 330 g/mol. The molecule has 0 atom stereocenters. The molecule has 0 aliphatic rings. The lowest BCUT2D eigenvalue weighted by molar-refractivity contribution is -0.666. The number of tetrazole rings is 1. The number of para-hydroxylation sites is 1. The number of hydrogen-bond donors (Lipinski definition) is 1. The Kier molecular flexibility index (Phi) is 5.63. The lowest BCUT2D eigenvalue weighted by Gasteiger charge is -2.05. The number of halogens is 1. The Balaban J connectivity index is 1.49. The average Bonchev–Trinajstić information content (AvgIpc) is 3.05. The van der Waals surface area contributed by atoms with Gasteiger partial charge in [0.15, 0.2) is 0 Å². The van der Waals surface area contributed by atoms with Crippen LogP contribution in [0.2, 0.25) is 5.02 Å². The van der Waals surface area contributed by atoms with Gasteiger partial charge in [0.1, 0.15) is 6.54 Å². The maximum absolute atomic E-state index is 6.15. The van der Waals surface area contributed by atoms with E-state index < -0.39 is 0 Å². The smallest absolute Gasteiger partial charge is 0.214 e. The normalized spacial score (nSPS) is 10.8. The van der Waals surface area contributed by atoms with Crippen molar-refractivity contribution in [1.82, 2.24) is 20.2 Å².